The molecule has 1 saturated heterocycles. The molecule has 1 amide bonds. The van der Waals surface area contributed by atoms with E-state index in [1.54, 1.807) is 6.07 Å². The molecule has 0 bridgehead atoms. The SMILES string of the molecule is CCCC(=O)NC(=S)Nc1ccc(N2CCN(Cc3ccccc3F)CC2)cc1.Cl. The number of hydrogen-bond acceptors (Lipinski definition) is 4. The van der Waals surface area contributed by atoms with Gasteiger partial charge in [-0.2, -0.15) is 0 Å². The van der Waals surface area contributed by atoms with Crippen LogP contribution in [-0.2, 0) is 11.3 Å². The first-order chi connectivity index (χ1) is 14.0. The molecule has 0 unspecified atom stereocenters. The first-order valence-corrected chi connectivity index (χ1v) is 10.4. The first kappa shape index (κ1) is 24.1. The van der Waals surface area contributed by atoms with Gasteiger partial charge in [0.25, 0.3) is 0 Å². The Morgan fingerprint density at radius 2 is 1.73 bits per heavy atom. The van der Waals surface area contributed by atoms with Crippen molar-refractivity contribution >= 4 is 47.0 Å². The van der Waals surface area contributed by atoms with Gasteiger partial charge in [0.2, 0.25) is 5.91 Å². The molecule has 5 nitrogen and oxygen atoms in total. The largest absolute Gasteiger partial charge is 0.369 e. The van der Waals surface area contributed by atoms with Gasteiger partial charge in [-0.25, -0.2) is 4.39 Å². The van der Waals surface area contributed by atoms with Crippen molar-refractivity contribution in [2.75, 3.05) is 36.4 Å². The Morgan fingerprint density at radius 3 is 2.37 bits per heavy atom. The third kappa shape index (κ3) is 6.93. The van der Waals surface area contributed by atoms with E-state index in [2.05, 4.69) is 20.4 Å². The molecule has 1 aliphatic heterocycles. The van der Waals surface area contributed by atoms with Crippen LogP contribution >= 0.6 is 24.6 Å². The predicted octanol–water partition coefficient (Wildman–Crippen LogP) is 4.18. The van der Waals surface area contributed by atoms with Crippen LogP contribution in [0.2, 0.25) is 0 Å². The fourth-order valence-corrected chi connectivity index (χ4v) is 3.60. The molecule has 0 aromatic heterocycles. The van der Waals surface area contributed by atoms with Crippen molar-refractivity contribution in [3.63, 3.8) is 0 Å². The number of carbonyl (C=O) groups is 1. The molecule has 0 radical (unpaired) electrons. The molecule has 0 spiro atoms. The molecular formula is C22H28ClFN4OS. The number of benzene rings is 2. The summed E-state index contributed by atoms with van der Waals surface area (Å²) in [6.07, 6.45) is 1.25. The second-order valence-electron chi connectivity index (χ2n) is 7.15. The molecule has 3 rings (SSSR count). The zero-order chi connectivity index (χ0) is 20.6. The number of piperazine rings is 1. The highest BCUT2D eigenvalue weighted by Gasteiger charge is 2.18. The standard InChI is InChI=1S/C22H27FN4OS.ClH/c1-2-5-21(28)25-22(29)24-18-8-10-19(11-9-18)27-14-12-26(13-15-27)16-17-6-3-4-7-20(17)23;/h3-4,6-11H,2,5,12-16H2,1H3,(H2,24,25,28,29);1H. The number of amides is 1. The van der Waals surface area contributed by atoms with Gasteiger partial charge < -0.3 is 15.5 Å². The van der Waals surface area contributed by atoms with Gasteiger partial charge in [0.05, 0.1) is 0 Å². The van der Waals surface area contributed by atoms with Crippen LogP contribution in [-0.4, -0.2) is 42.1 Å². The van der Waals surface area contributed by atoms with Crippen LogP contribution in [0.1, 0.15) is 25.3 Å². The van der Waals surface area contributed by atoms with Gasteiger partial charge in [0, 0.05) is 56.1 Å². The molecule has 2 N–H and O–H groups in total. The average molecular weight is 451 g/mol. The van der Waals surface area contributed by atoms with E-state index in [9.17, 15) is 9.18 Å². The van der Waals surface area contributed by atoms with E-state index >= 15 is 0 Å². The maximum Gasteiger partial charge on any atom is 0.226 e. The minimum Gasteiger partial charge on any atom is -0.369 e. The smallest absolute Gasteiger partial charge is 0.226 e. The molecule has 1 fully saturated rings. The highest BCUT2D eigenvalue weighted by molar-refractivity contribution is 7.80. The van der Waals surface area contributed by atoms with Crippen LogP contribution in [0.3, 0.4) is 0 Å². The van der Waals surface area contributed by atoms with Crippen molar-refractivity contribution in [3.05, 3.63) is 59.9 Å². The van der Waals surface area contributed by atoms with Crippen LogP contribution < -0.4 is 15.5 Å². The fraction of sp³-hybridized carbons (Fsp3) is 0.364. The lowest BCUT2D eigenvalue weighted by Crippen LogP contribution is -2.46. The maximum atomic E-state index is 13.8. The van der Waals surface area contributed by atoms with Gasteiger partial charge in [-0.15, -0.1) is 12.4 Å². The van der Waals surface area contributed by atoms with Crippen LogP contribution in [0.25, 0.3) is 0 Å². The summed E-state index contributed by atoms with van der Waals surface area (Å²) in [5.41, 5.74) is 2.73. The summed E-state index contributed by atoms with van der Waals surface area (Å²) in [7, 11) is 0. The lowest BCUT2D eigenvalue weighted by atomic mass is 10.1. The molecule has 2 aromatic rings. The maximum absolute atomic E-state index is 13.8. The second-order valence-corrected chi connectivity index (χ2v) is 7.56. The number of halogens is 2. The Balaban J connectivity index is 0.00000320. The predicted molar refractivity (Wildman–Crippen MR) is 127 cm³/mol. The topological polar surface area (TPSA) is 47.6 Å². The summed E-state index contributed by atoms with van der Waals surface area (Å²) in [5, 5.41) is 6.03. The van der Waals surface area contributed by atoms with E-state index in [-0.39, 0.29) is 24.1 Å². The molecule has 30 heavy (non-hydrogen) atoms. The van der Waals surface area contributed by atoms with Crippen molar-refractivity contribution in [1.29, 1.82) is 0 Å². The molecule has 1 heterocycles. The zero-order valence-electron chi connectivity index (χ0n) is 17.1. The van der Waals surface area contributed by atoms with Crippen molar-refractivity contribution < 1.29 is 9.18 Å². The summed E-state index contributed by atoms with van der Waals surface area (Å²) in [6, 6.07) is 15.0. The average Bonchev–Trinajstić information content (AvgIpc) is 2.71. The van der Waals surface area contributed by atoms with Gasteiger partial charge in [-0.3, -0.25) is 9.69 Å². The van der Waals surface area contributed by atoms with Crippen LogP contribution in [0.15, 0.2) is 48.5 Å². The van der Waals surface area contributed by atoms with Crippen LogP contribution in [0.4, 0.5) is 15.8 Å². The molecule has 1 aliphatic rings. The normalized spacial score (nSPS) is 14.0. The van der Waals surface area contributed by atoms with Gasteiger partial charge >= 0.3 is 0 Å². The lowest BCUT2D eigenvalue weighted by molar-refractivity contribution is -0.119. The third-order valence-electron chi connectivity index (χ3n) is 4.94. The molecule has 8 heteroatoms. The Bertz CT molecular complexity index is 841. The number of carbonyl (C=O) groups excluding carboxylic acids is 1. The van der Waals surface area contributed by atoms with Gasteiger partial charge in [-0.05, 0) is 49.0 Å². The van der Waals surface area contributed by atoms with Crippen LogP contribution in [0, 0.1) is 5.82 Å². The fourth-order valence-electron chi connectivity index (χ4n) is 3.37. The number of nitrogens with zero attached hydrogens (tertiary/aromatic N) is 2. The van der Waals surface area contributed by atoms with Gasteiger partial charge in [0.1, 0.15) is 5.82 Å². The third-order valence-corrected chi connectivity index (χ3v) is 5.15. The number of anilines is 2. The molecular weight excluding hydrogens is 423 g/mol. The molecule has 0 aliphatic carbocycles. The van der Waals surface area contributed by atoms with Crippen molar-refractivity contribution in [1.82, 2.24) is 10.2 Å². The second kappa shape index (κ2) is 11.8. The summed E-state index contributed by atoms with van der Waals surface area (Å²) >= 11 is 5.17. The van der Waals surface area contributed by atoms with Gasteiger partial charge in [0.15, 0.2) is 5.11 Å². The van der Waals surface area contributed by atoms with Gasteiger partial charge in [-0.1, -0.05) is 25.1 Å². The Morgan fingerprint density at radius 1 is 1.07 bits per heavy atom. The highest BCUT2D eigenvalue weighted by atomic mass is 35.5. The Hall–Kier alpha value is -2.22. The van der Waals surface area contributed by atoms with E-state index in [1.807, 2.05) is 43.3 Å². The Kier molecular flexibility index (Phi) is 9.49. The number of nitrogens with one attached hydrogen (secondary N) is 2. The van der Waals surface area contributed by atoms with Crippen molar-refractivity contribution in [2.45, 2.75) is 26.3 Å². The number of thiocarbonyl (C=S) groups is 1. The molecule has 2 aromatic carbocycles. The first-order valence-electron chi connectivity index (χ1n) is 9.96. The van der Waals surface area contributed by atoms with E-state index in [1.165, 1.54) is 6.07 Å². The monoisotopic (exact) mass is 450 g/mol. The minimum atomic E-state index is -0.137. The summed E-state index contributed by atoms with van der Waals surface area (Å²) in [6.45, 7) is 6.17. The van der Waals surface area contributed by atoms with E-state index in [4.69, 9.17) is 12.2 Å². The number of rotatable bonds is 6. The summed E-state index contributed by atoms with van der Waals surface area (Å²) in [5.74, 6) is -0.211. The Labute approximate surface area is 189 Å². The van der Waals surface area contributed by atoms with E-state index in [0.29, 0.717) is 18.1 Å². The van der Waals surface area contributed by atoms with E-state index < -0.39 is 0 Å². The zero-order valence-corrected chi connectivity index (χ0v) is 18.7. The minimum absolute atomic E-state index is 0. The molecule has 0 saturated carbocycles. The van der Waals surface area contributed by atoms with Crippen LogP contribution in [0.5, 0.6) is 0 Å². The summed E-state index contributed by atoms with van der Waals surface area (Å²) < 4.78 is 13.8. The molecule has 162 valence electrons. The number of hydrogen-bond donors (Lipinski definition) is 2. The van der Waals surface area contributed by atoms with Crippen molar-refractivity contribution in [2.24, 2.45) is 0 Å². The molecule has 0 atom stereocenters. The highest BCUT2D eigenvalue weighted by Crippen LogP contribution is 2.20. The lowest BCUT2D eigenvalue weighted by Gasteiger charge is -2.36. The summed E-state index contributed by atoms with van der Waals surface area (Å²) in [4.78, 5) is 16.2. The quantitative estimate of drug-likeness (QED) is 0.646. The van der Waals surface area contributed by atoms with E-state index in [0.717, 1.165) is 49.5 Å². The van der Waals surface area contributed by atoms with Crippen molar-refractivity contribution in [3.8, 4) is 0 Å².